The lowest BCUT2D eigenvalue weighted by atomic mass is 10.2. The molecule has 0 aliphatic heterocycles. The van der Waals surface area contributed by atoms with Crippen molar-refractivity contribution in [2.75, 3.05) is 5.32 Å². The van der Waals surface area contributed by atoms with Crippen molar-refractivity contribution in [2.24, 2.45) is 0 Å². The van der Waals surface area contributed by atoms with E-state index in [2.05, 4.69) is 21.2 Å². The second-order valence-electron chi connectivity index (χ2n) is 3.85. The molecule has 0 aliphatic carbocycles. The van der Waals surface area contributed by atoms with Crippen molar-refractivity contribution in [3.63, 3.8) is 0 Å². The number of hydrogen-bond donors (Lipinski definition) is 1. The Kier molecular flexibility index (Phi) is 4.09. The molecule has 0 fully saturated rings. The zero-order valence-electron chi connectivity index (χ0n) is 9.48. The Balaban J connectivity index is 2.16. The molecule has 0 saturated carbocycles. The largest absolute Gasteiger partial charge is 0.376 e. The molecule has 1 N–H and O–H groups in total. The number of anilines is 1. The zero-order chi connectivity index (χ0) is 14.0. The first-order valence-corrected chi connectivity index (χ1v) is 6.09. The van der Waals surface area contributed by atoms with Crippen molar-refractivity contribution in [1.82, 2.24) is 0 Å². The fourth-order valence-corrected chi connectivity index (χ4v) is 1.80. The summed E-state index contributed by atoms with van der Waals surface area (Å²) in [5, 5.41) is 2.47. The quantitative estimate of drug-likeness (QED) is 0.808. The topological polar surface area (TPSA) is 12.0 Å². The van der Waals surface area contributed by atoms with Crippen molar-refractivity contribution >= 4 is 21.6 Å². The molecule has 0 heterocycles. The first kappa shape index (κ1) is 13.9. The number of halogens is 5. The molecule has 0 amide bonds. The molecule has 2 rings (SSSR count). The predicted octanol–water partition coefficient (Wildman–Crippen LogP) is 4.62. The van der Waals surface area contributed by atoms with E-state index < -0.39 is 29.0 Å². The molecule has 0 bridgehead atoms. The molecule has 6 heteroatoms. The van der Waals surface area contributed by atoms with Gasteiger partial charge >= 0.3 is 0 Å². The number of nitrogens with one attached hydrogen (secondary N) is 1. The molecular weight excluding hydrogens is 326 g/mol. The van der Waals surface area contributed by atoms with E-state index in [-0.39, 0.29) is 6.54 Å². The Morgan fingerprint density at radius 1 is 0.895 bits per heavy atom. The van der Waals surface area contributed by atoms with Gasteiger partial charge in [-0.05, 0) is 33.6 Å². The first-order chi connectivity index (χ1) is 8.97. The van der Waals surface area contributed by atoms with E-state index in [1.165, 1.54) is 12.1 Å². The van der Waals surface area contributed by atoms with Gasteiger partial charge in [0.05, 0.1) is 4.47 Å². The van der Waals surface area contributed by atoms with E-state index in [0.717, 1.165) is 0 Å². The first-order valence-electron chi connectivity index (χ1n) is 5.29. The molecule has 19 heavy (non-hydrogen) atoms. The van der Waals surface area contributed by atoms with Gasteiger partial charge in [-0.25, -0.2) is 17.6 Å². The maximum atomic E-state index is 13.3. The van der Waals surface area contributed by atoms with Crippen LogP contribution < -0.4 is 5.32 Å². The molecule has 1 nitrogen and oxygen atoms in total. The van der Waals surface area contributed by atoms with Gasteiger partial charge in [0.2, 0.25) is 0 Å². The van der Waals surface area contributed by atoms with Gasteiger partial charge in [-0.15, -0.1) is 0 Å². The SMILES string of the molecule is Fc1cc(F)c(NCc2ccc(Br)c(F)c2)c(F)c1. The maximum Gasteiger partial charge on any atom is 0.152 e. The highest BCUT2D eigenvalue weighted by molar-refractivity contribution is 9.10. The van der Waals surface area contributed by atoms with E-state index in [9.17, 15) is 17.6 Å². The maximum absolute atomic E-state index is 13.3. The third kappa shape index (κ3) is 3.26. The molecule has 0 unspecified atom stereocenters. The van der Waals surface area contributed by atoms with Crippen LogP contribution in [-0.2, 0) is 6.54 Å². The van der Waals surface area contributed by atoms with Gasteiger partial charge in [0.1, 0.15) is 17.3 Å². The summed E-state index contributed by atoms with van der Waals surface area (Å²) in [7, 11) is 0. The summed E-state index contributed by atoms with van der Waals surface area (Å²) in [6.07, 6.45) is 0. The minimum atomic E-state index is -1.03. The van der Waals surface area contributed by atoms with Gasteiger partial charge in [-0.1, -0.05) is 6.07 Å². The van der Waals surface area contributed by atoms with Gasteiger partial charge in [0, 0.05) is 18.7 Å². The molecule has 100 valence electrons. The highest BCUT2D eigenvalue weighted by Gasteiger charge is 2.11. The van der Waals surface area contributed by atoms with Crippen LogP contribution in [0.2, 0.25) is 0 Å². The summed E-state index contributed by atoms with van der Waals surface area (Å²) in [5.41, 5.74) is 0.0635. The number of benzene rings is 2. The summed E-state index contributed by atoms with van der Waals surface area (Å²) in [4.78, 5) is 0. The number of rotatable bonds is 3. The van der Waals surface area contributed by atoms with Gasteiger partial charge in [0.15, 0.2) is 11.6 Å². The van der Waals surface area contributed by atoms with Crippen LogP contribution in [0.3, 0.4) is 0 Å². The Morgan fingerprint density at radius 3 is 2.11 bits per heavy atom. The average Bonchev–Trinajstić information content (AvgIpc) is 2.32. The molecule has 2 aromatic carbocycles. The fraction of sp³-hybridized carbons (Fsp3) is 0.0769. The predicted molar refractivity (Wildman–Crippen MR) is 67.7 cm³/mol. The van der Waals surface area contributed by atoms with Gasteiger partial charge in [-0.2, -0.15) is 0 Å². The van der Waals surface area contributed by atoms with Crippen LogP contribution in [-0.4, -0.2) is 0 Å². The highest BCUT2D eigenvalue weighted by Crippen LogP contribution is 2.22. The van der Waals surface area contributed by atoms with E-state index in [4.69, 9.17) is 0 Å². The summed E-state index contributed by atoms with van der Waals surface area (Å²) in [5.74, 6) is -3.53. The van der Waals surface area contributed by atoms with Gasteiger partial charge < -0.3 is 5.32 Å². The van der Waals surface area contributed by atoms with Crippen molar-refractivity contribution in [3.8, 4) is 0 Å². The highest BCUT2D eigenvalue weighted by atomic mass is 79.9. The molecule has 0 spiro atoms. The Labute approximate surface area is 115 Å². The molecule has 0 radical (unpaired) electrons. The fourth-order valence-electron chi connectivity index (χ4n) is 1.55. The lowest BCUT2D eigenvalue weighted by Gasteiger charge is -2.09. The van der Waals surface area contributed by atoms with Crippen molar-refractivity contribution in [3.05, 3.63) is 63.6 Å². The van der Waals surface area contributed by atoms with E-state index in [1.54, 1.807) is 6.07 Å². The van der Waals surface area contributed by atoms with Crippen LogP contribution in [0, 0.1) is 23.3 Å². The summed E-state index contributed by atoms with van der Waals surface area (Å²) in [6.45, 7) is 0.0175. The third-order valence-electron chi connectivity index (χ3n) is 2.46. The Hall–Kier alpha value is -1.56. The Morgan fingerprint density at radius 2 is 1.53 bits per heavy atom. The molecule has 2 aromatic rings. The molecule has 0 saturated heterocycles. The normalized spacial score (nSPS) is 10.6. The number of hydrogen-bond acceptors (Lipinski definition) is 1. The van der Waals surface area contributed by atoms with Crippen LogP contribution in [0.1, 0.15) is 5.56 Å². The van der Waals surface area contributed by atoms with Gasteiger partial charge in [-0.3, -0.25) is 0 Å². The summed E-state index contributed by atoms with van der Waals surface area (Å²) >= 11 is 3.00. The summed E-state index contributed by atoms with van der Waals surface area (Å²) in [6, 6.07) is 5.47. The third-order valence-corrected chi connectivity index (χ3v) is 3.10. The van der Waals surface area contributed by atoms with Crippen molar-refractivity contribution in [1.29, 1.82) is 0 Å². The smallest absolute Gasteiger partial charge is 0.152 e. The Bertz CT molecular complexity index is 593. The van der Waals surface area contributed by atoms with Crippen LogP contribution in [0.5, 0.6) is 0 Å². The zero-order valence-corrected chi connectivity index (χ0v) is 11.1. The van der Waals surface area contributed by atoms with Crippen molar-refractivity contribution < 1.29 is 17.6 Å². The minimum absolute atomic E-state index is 0.0175. The standard InChI is InChI=1S/C13H8BrF4N/c14-9-2-1-7(3-10(9)16)6-19-13-11(17)4-8(15)5-12(13)18/h1-5,19H,6H2. The van der Waals surface area contributed by atoms with Crippen LogP contribution in [0.4, 0.5) is 23.2 Å². The van der Waals surface area contributed by atoms with Crippen LogP contribution in [0.15, 0.2) is 34.8 Å². The van der Waals surface area contributed by atoms with Gasteiger partial charge in [0.25, 0.3) is 0 Å². The second kappa shape index (κ2) is 5.61. The van der Waals surface area contributed by atoms with E-state index in [0.29, 0.717) is 22.2 Å². The van der Waals surface area contributed by atoms with E-state index in [1.807, 2.05) is 0 Å². The monoisotopic (exact) mass is 333 g/mol. The molecule has 0 atom stereocenters. The van der Waals surface area contributed by atoms with Crippen molar-refractivity contribution in [2.45, 2.75) is 6.54 Å². The minimum Gasteiger partial charge on any atom is -0.376 e. The lowest BCUT2D eigenvalue weighted by Crippen LogP contribution is -2.04. The average molecular weight is 334 g/mol. The van der Waals surface area contributed by atoms with E-state index >= 15 is 0 Å². The molecule has 0 aromatic heterocycles. The molecular formula is C13H8BrF4N. The molecule has 0 aliphatic rings. The second-order valence-corrected chi connectivity index (χ2v) is 4.70. The van der Waals surface area contributed by atoms with Crippen LogP contribution in [0.25, 0.3) is 0 Å². The van der Waals surface area contributed by atoms with Crippen LogP contribution >= 0.6 is 15.9 Å². The summed E-state index contributed by atoms with van der Waals surface area (Å²) < 4.78 is 52.9. The lowest BCUT2D eigenvalue weighted by molar-refractivity contribution is 0.547.